The molecule has 0 unspecified atom stereocenters. The zero-order valence-electron chi connectivity index (χ0n) is 13.1. The summed E-state index contributed by atoms with van der Waals surface area (Å²) in [7, 11) is 0. The Balaban J connectivity index is 1.95. The second-order valence-electron chi connectivity index (χ2n) is 5.34. The van der Waals surface area contributed by atoms with Crippen molar-refractivity contribution < 1.29 is 19.4 Å². The van der Waals surface area contributed by atoms with E-state index in [1.807, 2.05) is 24.3 Å². The Bertz CT molecular complexity index is 682. The highest BCUT2D eigenvalue weighted by molar-refractivity contribution is 9.10. The number of hydrogen-bond acceptors (Lipinski definition) is 3. The van der Waals surface area contributed by atoms with Crippen LogP contribution in [0, 0.1) is 0 Å². The molecule has 0 aliphatic carbocycles. The van der Waals surface area contributed by atoms with Crippen molar-refractivity contribution in [2.45, 2.75) is 19.8 Å². The van der Waals surface area contributed by atoms with E-state index in [1.165, 1.54) is 6.07 Å². The summed E-state index contributed by atoms with van der Waals surface area (Å²) in [6.07, 6.45) is 0. The first-order chi connectivity index (χ1) is 11.0. The number of carboxylic acid groups (broad SMARTS) is 1. The maximum Gasteiger partial charge on any atom is 0.339 e. The van der Waals surface area contributed by atoms with Crippen molar-refractivity contribution in [3.05, 3.63) is 58.1 Å². The molecule has 5 heteroatoms. The third-order valence-electron chi connectivity index (χ3n) is 3.31. The normalized spacial score (nSPS) is 10.6. The van der Waals surface area contributed by atoms with Crippen LogP contribution < -0.4 is 9.47 Å². The van der Waals surface area contributed by atoms with E-state index in [0.29, 0.717) is 22.7 Å². The number of ether oxygens (including phenoxy) is 2. The molecule has 0 radical (unpaired) electrons. The summed E-state index contributed by atoms with van der Waals surface area (Å²) in [6.45, 7) is 4.84. The Hall–Kier alpha value is -2.01. The number of carbonyl (C=O) groups is 1. The van der Waals surface area contributed by atoms with Crippen LogP contribution in [0.2, 0.25) is 0 Å². The minimum Gasteiger partial charge on any atom is -0.490 e. The molecule has 4 nitrogen and oxygen atoms in total. The fourth-order valence-electron chi connectivity index (χ4n) is 2.19. The molecule has 1 N–H and O–H groups in total. The summed E-state index contributed by atoms with van der Waals surface area (Å²) in [5.74, 6) is 0.520. The van der Waals surface area contributed by atoms with Crippen molar-refractivity contribution in [2.24, 2.45) is 0 Å². The van der Waals surface area contributed by atoms with Crippen LogP contribution in [0.5, 0.6) is 11.5 Å². The summed E-state index contributed by atoms with van der Waals surface area (Å²) < 4.78 is 12.0. The van der Waals surface area contributed by atoms with E-state index in [9.17, 15) is 9.90 Å². The van der Waals surface area contributed by atoms with E-state index in [1.54, 1.807) is 12.1 Å². The smallest absolute Gasteiger partial charge is 0.339 e. The predicted octanol–water partition coefficient (Wildman–Crippen LogP) is 4.73. The Kier molecular flexibility index (Phi) is 6.04. The monoisotopic (exact) mass is 378 g/mol. The molecule has 0 atom stereocenters. The zero-order valence-corrected chi connectivity index (χ0v) is 14.7. The second-order valence-corrected chi connectivity index (χ2v) is 6.25. The highest BCUT2D eigenvalue weighted by Gasteiger charge is 2.12. The SMILES string of the molecule is CC(C)c1ccccc1OCCOc1ccc(Br)cc1C(=O)O. The van der Waals surface area contributed by atoms with Crippen LogP contribution in [-0.2, 0) is 0 Å². The van der Waals surface area contributed by atoms with Gasteiger partial charge in [-0.05, 0) is 35.7 Å². The predicted molar refractivity (Wildman–Crippen MR) is 92.6 cm³/mol. The van der Waals surface area contributed by atoms with Gasteiger partial charge in [0, 0.05) is 4.47 Å². The quantitative estimate of drug-likeness (QED) is 0.707. The molecule has 23 heavy (non-hydrogen) atoms. The van der Waals surface area contributed by atoms with Gasteiger partial charge in [-0.2, -0.15) is 0 Å². The topological polar surface area (TPSA) is 55.8 Å². The van der Waals surface area contributed by atoms with E-state index in [2.05, 4.69) is 29.8 Å². The third kappa shape index (κ3) is 4.73. The van der Waals surface area contributed by atoms with Gasteiger partial charge in [-0.25, -0.2) is 4.79 Å². The molecule has 0 amide bonds. The average Bonchev–Trinajstić information content (AvgIpc) is 2.52. The first-order valence-corrected chi connectivity index (χ1v) is 8.15. The molecule has 0 heterocycles. The number of benzene rings is 2. The van der Waals surface area contributed by atoms with Crippen LogP contribution in [0.1, 0.15) is 35.7 Å². The van der Waals surface area contributed by atoms with Gasteiger partial charge >= 0.3 is 5.97 Å². The fourth-order valence-corrected chi connectivity index (χ4v) is 2.55. The lowest BCUT2D eigenvalue weighted by molar-refractivity contribution is 0.0691. The van der Waals surface area contributed by atoms with Crippen molar-refractivity contribution in [3.63, 3.8) is 0 Å². The van der Waals surface area contributed by atoms with Crippen LogP contribution in [0.15, 0.2) is 46.9 Å². The molecule has 2 rings (SSSR count). The molecule has 2 aromatic carbocycles. The Morgan fingerprint density at radius 2 is 1.74 bits per heavy atom. The van der Waals surface area contributed by atoms with Crippen molar-refractivity contribution in [1.29, 1.82) is 0 Å². The van der Waals surface area contributed by atoms with Gasteiger partial charge < -0.3 is 14.6 Å². The molecule has 0 aliphatic heterocycles. The number of para-hydroxylation sites is 1. The van der Waals surface area contributed by atoms with Gasteiger partial charge in [-0.1, -0.05) is 48.0 Å². The van der Waals surface area contributed by atoms with Crippen LogP contribution in [0.3, 0.4) is 0 Å². The molecule has 0 aliphatic rings. The number of carboxylic acids is 1. The first-order valence-electron chi connectivity index (χ1n) is 7.36. The molecule has 0 saturated carbocycles. The Labute approximate surface area is 144 Å². The van der Waals surface area contributed by atoms with E-state index < -0.39 is 5.97 Å². The summed E-state index contributed by atoms with van der Waals surface area (Å²) in [6, 6.07) is 12.8. The molecule has 122 valence electrons. The highest BCUT2D eigenvalue weighted by atomic mass is 79.9. The molecular weight excluding hydrogens is 360 g/mol. The molecule has 0 aromatic heterocycles. The summed E-state index contributed by atoms with van der Waals surface area (Å²) in [5, 5.41) is 9.19. The average molecular weight is 379 g/mol. The Morgan fingerprint density at radius 3 is 2.39 bits per heavy atom. The molecule has 2 aromatic rings. The number of halogens is 1. The minimum atomic E-state index is -1.02. The first kappa shape index (κ1) is 17.3. The molecule has 0 bridgehead atoms. The minimum absolute atomic E-state index is 0.127. The van der Waals surface area contributed by atoms with Gasteiger partial charge in [0.2, 0.25) is 0 Å². The van der Waals surface area contributed by atoms with E-state index in [4.69, 9.17) is 9.47 Å². The summed E-state index contributed by atoms with van der Waals surface area (Å²) in [4.78, 5) is 11.2. The second kappa shape index (κ2) is 8.02. The maximum atomic E-state index is 11.2. The fraction of sp³-hybridized carbons (Fsp3) is 0.278. The van der Waals surface area contributed by atoms with Crippen LogP contribution in [-0.4, -0.2) is 24.3 Å². The third-order valence-corrected chi connectivity index (χ3v) is 3.80. The standard InChI is InChI=1S/C18H19BrO4/c1-12(2)14-5-3-4-6-16(14)22-9-10-23-17-8-7-13(19)11-15(17)18(20)21/h3-8,11-12H,9-10H2,1-2H3,(H,20,21). The number of hydrogen-bond donors (Lipinski definition) is 1. The number of rotatable bonds is 7. The maximum absolute atomic E-state index is 11.2. The van der Waals surface area contributed by atoms with Crippen molar-refractivity contribution in [1.82, 2.24) is 0 Å². The van der Waals surface area contributed by atoms with E-state index in [-0.39, 0.29) is 12.2 Å². The largest absolute Gasteiger partial charge is 0.490 e. The highest BCUT2D eigenvalue weighted by Crippen LogP contribution is 2.26. The van der Waals surface area contributed by atoms with Gasteiger partial charge in [0.05, 0.1) is 0 Å². The Morgan fingerprint density at radius 1 is 1.09 bits per heavy atom. The molecule has 0 spiro atoms. The summed E-state index contributed by atoms with van der Waals surface area (Å²) >= 11 is 3.25. The van der Waals surface area contributed by atoms with Gasteiger partial charge in [-0.15, -0.1) is 0 Å². The van der Waals surface area contributed by atoms with Gasteiger partial charge in [0.25, 0.3) is 0 Å². The lowest BCUT2D eigenvalue weighted by atomic mass is 10.0. The van der Waals surface area contributed by atoms with Crippen molar-refractivity contribution in [2.75, 3.05) is 13.2 Å². The van der Waals surface area contributed by atoms with Crippen LogP contribution in [0.4, 0.5) is 0 Å². The van der Waals surface area contributed by atoms with Crippen LogP contribution >= 0.6 is 15.9 Å². The lowest BCUT2D eigenvalue weighted by Crippen LogP contribution is -2.12. The number of aromatic carboxylic acids is 1. The molecule has 0 fully saturated rings. The summed E-state index contributed by atoms with van der Waals surface area (Å²) in [5.41, 5.74) is 1.27. The van der Waals surface area contributed by atoms with E-state index >= 15 is 0 Å². The van der Waals surface area contributed by atoms with Gasteiger partial charge in [0.15, 0.2) is 0 Å². The van der Waals surface area contributed by atoms with Crippen LogP contribution in [0.25, 0.3) is 0 Å². The van der Waals surface area contributed by atoms with Crippen molar-refractivity contribution in [3.8, 4) is 11.5 Å². The lowest BCUT2D eigenvalue weighted by Gasteiger charge is -2.14. The molecular formula is C18H19BrO4. The molecule has 0 saturated heterocycles. The van der Waals surface area contributed by atoms with Gasteiger partial charge in [-0.3, -0.25) is 0 Å². The van der Waals surface area contributed by atoms with Crippen molar-refractivity contribution >= 4 is 21.9 Å². The van der Waals surface area contributed by atoms with Gasteiger partial charge in [0.1, 0.15) is 30.3 Å². The zero-order chi connectivity index (χ0) is 16.8. The van der Waals surface area contributed by atoms with E-state index in [0.717, 1.165) is 11.3 Å².